The smallest absolute Gasteiger partial charge is 0.0453 e. The van der Waals surface area contributed by atoms with E-state index >= 15 is 0 Å². The molecule has 0 spiro atoms. The summed E-state index contributed by atoms with van der Waals surface area (Å²) in [6.45, 7) is 8.89. The van der Waals surface area contributed by atoms with Crippen molar-refractivity contribution in [3.05, 3.63) is 34.9 Å². The molecule has 1 N–H and O–H groups in total. The molecular weight excluding hydrogens is 280 g/mol. The van der Waals surface area contributed by atoms with E-state index in [-0.39, 0.29) is 0 Å². The van der Waals surface area contributed by atoms with Crippen LogP contribution in [0.4, 0.5) is 0 Å². The Bertz CT molecular complexity index is 395. The summed E-state index contributed by atoms with van der Waals surface area (Å²) in [6.07, 6.45) is 4.74. The molecule has 0 saturated carbocycles. The van der Waals surface area contributed by atoms with Crippen molar-refractivity contribution in [3.63, 3.8) is 0 Å². The van der Waals surface area contributed by atoms with Crippen molar-refractivity contribution in [2.45, 2.75) is 58.5 Å². The summed E-state index contributed by atoms with van der Waals surface area (Å²) in [6, 6.07) is 9.19. The average Bonchev–Trinajstić information content (AvgIpc) is 2.48. The highest BCUT2D eigenvalue weighted by atomic mass is 35.5. The normalized spacial score (nSPS) is 14.4. The second kappa shape index (κ2) is 10.2. The van der Waals surface area contributed by atoms with Crippen LogP contribution in [0.2, 0.25) is 5.02 Å². The van der Waals surface area contributed by atoms with Gasteiger partial charge in [-0.3, -0.25) is 0 Å². The van der Waals surface area contributed by atoms with E-state index < -0.39 is 0 Å². The lowest BCUT2D eigenvalue weighted by Crippen LogP contribution is -2.33. The molecule has 3 heteroatoms. The van der Waals surface area contributed by atoms with Crippen molar-refractivity contribution in [1.29, 1.82) is 0 Å². The number of hydrogen-bond acceptors (Lipinski definition) is 2. The molecule has 0 radical (unpaired) electrons. The predicted molar refractivity (Wildman–Crippen MR) is 94.1 cm³/mol. The minimum atomic E-state index is 0.343. The minimum absolute atomic E-state index is 0.343. The molecule has 1 rings (SSSR count). The summed E-state index contributed by atoms with van der Waals surface area (Å²) in [5.74, 6) is 0. The van der Waals surface area contributed by atoms with Gasteiger partial charge in [-0.25, -0.2) is 0 Å². The van der Waals surface area contributed by atoms with Gasteiger partial charge in [0, 0.05) is 17.1 Å². The second-order valence-corrected chi connectivity index (χ2v) is 6.34. The van der Waals surface area contributed by atoms with E-state index in [1.54, 1.807) is 0 Å². The van der Waals surface area contributed by atoms with Crippen molar-refractivity contribution in [1.82, 2.24) is 10.2 Å². The van der Waals surface area contributed by atoms with E-state index in [2.05, 4.69) is 50.2 Å². The molecule has 1 aromatic carbocycles. The van der Waals surface area contributed by atoms with Gasteiger partial charge in [0.2, 0.25) is 0 Å². The van der Waals surface area contributed by atoms with Gasteiger partial charge in [0.05, 0.1) is 0 Å². The van der Waals surface area contributed by atoms with Crippen LogP contribution in [0.5, 0.6) is 0 Å². The molecule has 120 valence electrons. The molecule has 0 aromatic heterocycles. The van der Waals surface area contributed by atoms with E-state index in [0.29, 0.717) is 12.1 Å². The van der Waals surface area contributed by atoms with Crippen LogP contribution in [-0.4, -0.2) is 31.1 Å². The number of nitrogens with one attached hydrogen (secondary N) is 1. The number of benzene rings is 1. The number of rotatable bonds is 10. The first kappa shape index (κ1) is 18.5. The van der Waals surface area contributed by atoms with Crippen molar-refractivity contribution >= 4 is 11.6 Å². The van der Waals surface area contributed by atoms with Crippen LogP contribution < -0.4 is 5.32 Å². The summed E-state index contributed by atoms with van der Waals surface area (Å²) in [7, 11) is 2.23. The second-order valence-electron chi connectivity index (χ2n) is 5.94. The first-order chi connectivity index (χ1) is 10.1. The van der Waals surface area contributed by atoms with Crippen LogP contribution in [-0.2, 0) is 0 Å². The quantitative estimate of drug-likeness (QED) is 0.662. The van der Waals surface area contributed by atoms with Crippen LogP contribution in [0.3, 0.4) is 0 Å². The SMILES string of the molecule is CCCNC(CCN(C)C(C)CCC)c1ccccc1Cl. The van der Waals surface area contributed by atoms with Crippen LogP contribution >= 0.6 is 11.6 Å². The van der Waals surface area contributed by atoms with E-state index in [9.17, 15) is 0 Å². The molecule has 0 aliphatic carbocycles. The van der Waals surface area contributed by atoms with Crippen molar-refractivity contribution in [2.24, 2.45) is 0 Å². The maximum Gasteiger partial charge on any atom is 0.0453 e. The molecule has 21 heavy (non-hydrogen) atoms. The molecule has 2 nitrogen and oxygen atoms in total. The average molecular weight is 311 g/mol. The molecule has 0 bridgehead atoms. The van der Waals surface area contributed by atoms with Crippen LogP contribution in [0, 0.1) is 0 Å². The number of nitrogens with zero attached hydrogens (tertiary/aromatic N) is 1. The standard InChI is InChI=1S/C18H31ClN2/c1-5-9-15(3)21(4)14-12-18(20-13-6-2)16-10-7-8-11-17(16)19/h7-8,10-11,15,18,20H,5-6,9,12-14H2,1-4H3. The molecule has 2 unspecified atom stereocenters. The van der Waals surface area contributed by atoms with Crippen molar-refractivity contribution in [2.75, 3.05) is 20.1 Å². The third kappa shape index (κ3) is 6.37. The van der Waals surface area contributed by atoms with Crippen molar-refractivity contribution < 1.29 is 0 Å². The molecule has 0 aliphatic rings. The zero-order valence-corrected chi connectivity index (χ0v) is 14.8. The fourth-order valence-corrected chi connectivity index (χ4v) is 2.90. The van der Waals surface area contributed by atoms with E-state index in [0.717, 1.165) is 31.0 Å². The van der Waals surface area contributed by atoms with E-state index in [1.165, 1.54) is 18.4 Å². The largest absolute Gasteiger partial charge is 0.310 e. The Morgan fingerprint density at radius 1 is 1.14 bits per heavy atom. The van der Waals surface area contributed by atoms with Crippen LogP contribution in [0.15, 0.2) is 24.3 Å². The van der Waals surface area contributed by atoms with Gasteiger partial charge in [0.1, 0.15) is 0 Å². The molecule has 0 saturated heterocycles. The number of halogens is 1. The van der Waals surface area contributed by atoms with Crippen LogP contribution in [0.1, 0.15) is 58.1 Å². The lowest BCUT2D eigenvalue weighted by molar-refractivity contribution is 0.231. The third-order valence-electron chi connectivity index (χ3n) is 4.15. The van der Waals surface area contributed by atoms with Gasteiger partial charge < -0.3 is 10.2 Å². The van der Waals surface area contributed by atoms with Gasteiger partial charge in [-0.2, -0.15) is 0 Å². The number of hydrogen-bond donors (Lipinski definition) is 1. The molecule has 1 aromatic rings. The predicted octanol–water partition coefficient (Wildman–Crippen LogP) is 4.89. The Balaban J connectivity index is 2.64. The highest BCUT2D eigenvalue weighted by Crippen LogP contribution is 2.25. The van der Waals surface area contributed by atoms with Gasteiger partial charge in [0.25, 0.3) is 0 Å². The Hall–Kier alpha value is -0.570. The molecular formula is C18H31ClN2. The minimum Gasteiger partial charge on any atom is -0.310 e. The fraction of sp³-hybridized carbons (Fsp3) is 0.667. The summed E-state index contributed by atoms with van der Waals surface area (Å²) in [4.78, 5) is 2.46. The zero-order valence-electron chi connectivity index (χ0n) is 14.0. The summed E-state index contributed by atoms with van der Waals surface area (Å²) in [5, 5.41) is 4.51. The Morgan fingerprint density at radius 2 is 1.86 bits per heavy atom. The summed E-state index contributed by atoms with van der Waals surface area (Å²) >= 11 is 6.37. The van der Waals surface area contributed by atoms with Gasteiger partial charge in [-0.15, -0.1) is 0 Å². The van der Waals surface area contributed by atoms with Crippen LogP contribution in [0.25, 0.3) is 0 Å². The first-order valence-corrected chi connectivity index (χ1v) is 8.65. The van der Waals surface area contributed by atoms with Gasteiger partial charge in [-0.1, -0.05) is 50.1 Å². The lowest BCUT2D eigenvalue weighted by atomic mass is 10.0. The molecule has 0 fully saturated rings. The van der Waals surface area contributed by atoms with Gasteiger partial charge in [-0.05, 0) is 58.0 Å². The Labute approximate surface area is 135 Å². The van der Waals surface area contributed by atoms with E-state index in [4.69, 9.17) is 11.6 Å². The maximum absolute atomic E-state index is 6.37. The molecule has 0 aliphatic heterocycles. The highest BCUT2D eigenvalue weighted by Gasteiger charge is 2.16. The Morgan fingerprint density at radius 3 is 2.48 bits per heavy atom. The first-order valence-electron chi connectivity index (χ1n) is 8.28. The third-order valence-corrected chi connectivity index (χ3v) is 4.49. The highest BCUT2D eigenvalue weighted by molar-refractivity contribution is 6.31. The van der Waals surface area contributed by atoms with E-state index in [1.807, 2.05) is 12.1 Å². The fourth-order valence-electron chi connectivity index (χ4n) is 2.64. The maximum atomic E-state index is 6.37. The zero-order chi connectivity index (χ0) is 15.7. The molecule has 2 atom stereocenters. The summed E-state index contributed by atoms with van der Waals surface area (Å²) < 4.78 is 0. The summed E-state index contributed by atoms with van der Waals surface area (Å²) in [5.41, 5.74) is 1.23. The monoisotopic (exact) mass is 310 g/mol. The van der Waals surface area contributed by atoms with Crippen molar-refractivity contribution in [3.8, 4) is 0 Å². The Kier molecular flexibility index (Phi) is 8.98. The van der Waals surface area contributed by atoms with Gasteiger partial charge in [0.15, 0.2) is 0 Å². The topological polar surface area (TPSA) is 15.3 Å². The lowest BCUT2D eigenvalue weighted by Gasteiger charge is -2.27. The molecule has 0 heterocycles. The van der Waals surface area contributed by atoms with Gasteiger partial charge >= 0.3 is 0 Å². The molecule has 0 amide bonds.